The Morgan fingerprint density at radius 1 is 1.26 bits per heavy atom. The van der Waals surface area contributed by atoms with Crippen LogP contribution in [0.25, 0.3) is 10.9 Å². The molecule has 2 aromatic carbocycles. The number of hydrogen-bond donors (Lipinski definition) is 1. The van der Waals surface area contributed by atoms with E-state index >= 15 is 4.39 Å². The van der Waals surface area contributed by atoms with Crippen LogP contribution in [0.4, 0.5) is 10.2 Å². The lowest BCUT2D eigenvalue weighted by atomic mass is 9.84. The minimum atomic E-state index is -1.63. The van der Waals surface area contributed by atoms with Crippen LogP contribution in [0.1, 0.15) is 60.8 Å². The standard InChI is InChI=1S/C27H30FN5O2/c1-16-20(15-29)7-6-8-21(16)17(2)30-26-22-13-23(25(35-5)14-24(22)31-18(3)32-26)27(28)9-11-33(12-10-27)19(4)34/h6-8,13-14,17H,9-12H2,1-5H3,(H,30,31,32)/t17-/m1/s1. The van der Waals surface area contributed by atoms with Gasteiger partial charge in [-0.25, -0.2) is 14.4 Å². The van der Waals surface area contributed by atoms with Gasteiger partial charge in [0.2, 0.25) is 5.91 Å². The van der Waals surface area contributed by atoms with Crippen LogP contribution >= 0.6 is 0 Å². The molecule has 3 aromatic rings. The summed E-state index contributed by atoms with van der Waals surface area (Å²) in [4.78, 5) is 22.6. The molecule has 1 fully saturated rings. The van der Waals surface area contributed by atoms with Gasteiger partial charge in [-0.15, -0.1) is 0 Å². The number of nitriles is 1. The van der Waals surface area contributed by atoms with Crippen molar-refractivity contribution in [3.8, 4) is 11.8 Å². The number of amides is 1. The molecule has 0 radical (unpaired) electrons. The molecular formula is C27H30FN5O2. The molecule has 0 saturated carbocycles. The van der Waals surface area contributed by atoms with E-state index < -0.39 is 5.67 Å². The highest BCUT2D eigenvalue weighted by atomic mass is 19.1. The first-order valence-electron chi connectivity index (χ1n) is 11.7. The zero-order valence-electron chi connectivity index (χ0n) is 20.8. The predicted octanol–water partition coefficient (Wildman–Crippen LogP) is 5.11. The number of likely N-dealkylation sites (tertiary alicyclic amines) is 1. The van der Waals surface area contributed by atoms with E-state index in [0.29, 0.717) is 52.5 Å². The van der Waals surface area contributed by atoms with E-state index in [1.807, 2.05) is 32.9 Å². The second-order valence-electron chi connectivity index (χ2n) is 9.16. The number of alkyl halides is 1. The summed E-state index contributed by atoms with van der Waals surface area (Å²) in [6, 6.07) is 11.3. The van der Waals surface area contributed by atoms with Crippen molar-refractivity contribution in [3.05, 3.63) is 58.4 Å². The Hall–Kier alpha value is -3.73. The number of halogens is 1. The summed E-state index contributed by atoms with van der Waals surface area (Å²) in [5, 5.41) is 13.6. The Morgan fingerprint density at radius 3 is 2.60 bits per heavy atom. The molecule has 8 heteroatoms. The largest absolute Gasteiger partial charge is 0.496 e. The highest BCUT2D eigenvalue weighted by Gasteiger charge is 2.39. The average molecular weight is 476 g/mol. The lowest BCUT2D eigenvalue weighted by molar-refractivity contribution is -0.131. The molecule has 1 atom stereocenters. The van der Waals surface area contributed by atoms with Gasteiger partial charge in [-0.1, -0.05) is 12.1 Å². The summed E-state index contributed by atoms with van der Waals surface area (Å²) in [5.41, 5.74) is 2.00. The van der Waals surface area contributed by atoms with E-state index in [-0.39, 0.29) is 24.8 Å². The zero-order chi connectivity index (χ0) is 25.3. The molecule has 7 nitrogen and oxygen atoms in total. The Labute approximate surface area is 204 Å². The van der Waals surface area contributed by atoms with Crippen molar-refractivity contribution in [2.45, 2.75) is 52.2 Å². The van der Waals surface area contributed by atoms with Crippen LogP contribution in [0.5, 0.6) is 5.75 Å². The van der Waals surface area contributed by atoms with Gasteiger partial charge in [0.1, 0.15) is 23.1 Å². The Balaban J connectivity index is 1.77. The summed E-state index contributed by atoms with van der Waals surface area (Å²) in [7, 11) is 1.53. The number of methoxy groups -OCH3 is 1. The number of carbonyl (C=O) groups excluding carboxylic acids is 1. The Bertz CT molecular complexity index is 1330. The van der Waals surface area contributed by atoms with Crippen LogP contribution in [-0.2, 0) is 10.5 Å². The molecule has 1 aromatic heterocycles. The molecule has 1 amide bonds. The zero-order valence-corrected chi connectivity index (χ0v) is 20.8. The number of rotatable bonds is 5. The number of nitrogens with zero attached hydrogens (tertiary/aromatic N) is 4. The molecule has 4 rings (SSSR count). The molecule has 1 aliphatic rings. The van der Waals surface area contributed by atoms with E-state index in [4.69, 9.17) is 4.74 Å². The van der Waals surface area contributed by atoms with Gasteiger partial charge in [-0.3, -0.25) is 4.79 Å². The fourth-order valence-electron chi connectivity index (χ4n) is 4.87. The fraction of sp³-hybridized carbons (Fsp3) is 0.407. The van der Waals surface area contributed by atoms with Crippen molar-refractivity contribution in [1.82, 2.24) is 14.9 Å². The van der Waals surface area contributed by atoms with Gasteiger partial charge in [-0.2, -0.15) is 5.26 Å². The van der Waals surface area contributed by atoms with Crippen LogP contribution in [0.15, 0.2) is 30.3 Å². The summed E-state index contributed by atoms with van der Waals surface area (Å²) in [5.74, 6) is 1.56. The van der Waals surface area contributed by atoms with Crippen molar-refractivity contribution < 1.29 is 13.9 Å². The molecule has 2 heterocycles. The molecule has 0 aliphatic carbocycles. The lowest BCUT2D eigenvalue weighted by Gasteiger charge is -2.37. The number of fused-ring (bicyclic) bond motifs is 1. The number of anilines is 1. The van der Waals surface area contributed by atoms with Gasteiger partial charge in [-0.05, 0) is 44.0 Å². The highest BCUT2D eigenvalue weighted by molar-refractivity contribution is 5.91. The fourth-order valence-corrected chi connectivity index (χ4v) is 4.87. The van der Waals surface area contributed by atoms with E-state index in [2.05, 4.69) is 21.4 Å². The van der Waals surface area contributed by atoms with Gasteiger partial charge >= 0.3 is 0 Å². The minimum absolute atomic E-state index is 0.0439. The topological polar surface area (TPSA) is 91.1 Å². The summed E-state index contributed by atoms with van der Waals surface area (Å²) in [6.45, 7) is 7.96. The molecule has 1 N–H and O–H groups in total. The maximum Gasteiger partial charge on any atom is 0.219 e. The Kier molecular flexibility index (Phi) is 6.62. The van der Waals surface area contributed by atoms with Crippen LogP contribution in [-0.4, -0.2) is 41.0 Å². The highest BCUT2D eigenvalue weighted by Crippen LogP contribution is 2.44. The summed E-state index contributed by atoms with van der Waals surface area (Å²) >= 11 is 0. The molecule has 35 heavy (non-hydrogen) atoms. The maximum atomic E-state index is 16.3. The van der Waals surface area contributed by atoms with Crippen LogP contribution in [0.3, 0.4) is 0 Å². The number of piperidine rings is 1. The first-order valence-corrected chi connectivity index (χ1v) is 11.7. The number of nitrogens with one attached hydrogen (secondary N) is 1. The smallest absolute Gasteiger partial charge is 0.219 e. The summed E-state index contributed by atoms with van der Waals surface area (Å²) < 4.78 is 21.9. The van der Waals surface area contributed by atoms with E-state index in [0.717, 1.165) is 11.1 Å². The molecule has 0 spiro atoms. The second-order valence-corrected chi connectivity index (χ2v) is 9.16. The molecule has 0 unspecified atom stereocenters. The first kappa shape index (κ1) is 24.4. The lowest BCUT2D eigenvalue weighted by Crippen LogP contribution is -2.42. The quantitative estimate of drug-likeness (QED) is 0.552. The van der Waals surface area contributed by atoms with Crippen molar-refractivity contribution in [3.63, 3.8) is 0 Å². The van der Waals surface area contributed by atoms with Crippen LogP contribution in [0, 0.1) is 25.2 Å². The van der Waals surface area contributed by atoms with Crippen molar-refractivity contribution in [2.24, 2.45) is 0 Å². The van der Waals surface area contributed by atoms with Crippen molar-refractivity contribution in [2.75, 3.05) is 25.5 Å². The van der Waals surface area contributed by atoms with Gasteiger partial charge < -0.3 is 15.0 Å². The number of aryl methyl sites for hydroxylation is 1. The van der Waals surface area contributed by atoms with Crippen molar-refractivity contribution >= 4 is 22.6 Å². The minimum Gasteiger partial charge on any atom is -0.496 e. The third-order valence-electron chi connectivity index (χ3n) is 6.93. The molecular weight excluding hydrogens is 445 g/mol. The molecule has 182 valence electrons. The van der Waals surface area contributed by atoms with Crippen LogP contribution in [0.2, 0.25) is 0 Å². The molecule has 1 saturated heterocycles. The normalized spacial score (nSPS) is 16.0. The SMILES string of the molecule is COc1cc2nc(C)nc(N[C@H](C)c3cccc(C#N)c3C)c2cc1C1(F)CCN(C(C)=O)CC1. The number of hydrogen-bond acceptors (Lipinski definition) is 6. The average Bonchev–Trinajstić information content (AvgIpc) is 2.83. The monoisotopic (exact) mass is 475 g/mol. The third-order valence-corrected chi connectivity index (χ3v) is 6.93. The van der Waals surface area contributed by atoms with Crippen LogP contribution < -0.4 is 10.1 Å². The number of benzene rings is 2. The van der Waals surface area contributed by atoms with Gasteiger partial charge in [0, 0.05) is 49.9 Å². The predicted molar refractivity (Wildman–Crippen MR) is 133 cm³/mol. The first-order chi connectivity index (χ1) is 16.7. The van der Waals surface area contributed by atoms with Gasteiger partial charge in [0.05, 0.1) is 30.3 Å². The number of ether oxygens (including phenoxy) is 1. The van der Waals surface area contributed by atoms with E-state index in [9.17, 15) is 10.1 Å². The third kappa shape index (κ3) is 4.63. The van der Waals surface area contributed by atoms with Gasteiger partial charge in [0.25, 0.3) is 0 Å². The van der Waals surface area contributed by atoms with Gasteiger partial charge in [0.15, 0.2) is 0 Å². The second kappa shape index (κ2) is 9.49. The molecule has 0 bridgehead atoms. The molecule has 1 aliphatic heterocycles. The van der Waals surface area contributed by atoms with Crippen molar-refractivity contribution in [1.29, 1.82) is 5.26 Å². The number of carbonyl (C=O) groups is 1. The Morgan fingerprint density at radius 2 is 1.97 bits per heavy atom. The van der Waals surface area contributed by atoms with E-state index in [1.54, 1.807) is 23.1 Å². The summed E-state index contributed by atoms with van der Waals surface area (Å²) in [6.07, 6.45) is 0.390. The number of aromatic nitrogens is 2. The van der Waals surface area contributed by atoms with E-state index in [1.165, 1.54) is 14.0 Å². The maximum absolute atomic E-state index is 16.3.